The van der Waals surface area contributed by atoms with E-state index in [1.54, 1.807) is 0 Å². The van der Waals surface area contributed by atoms with E-state index in [0.717, 1.165) is 19.1 Å². The lowest BCUT2D eigenvalue weighted by Gasteiger charge is -2.32. The summed E-state index contributed by atoms with van der Waals surface area (Å²) in [6.45, 7) is 3.82. The van der Waals surface area contributed by atoms with Gasteiger partial charge in [-0.25, -0.2) is 0 Å². The second kappa shape index (κ2) is 3.70. The average Bonchev–Trinajstić information content (AvgIpc) is 2.07. The molecule has 1 saturated carbocycles. The quantitative estimate of drug-likeness (QED) is 0.449. The maximum atomic E-state index is 10.4. The van der Waals surface area contributed by atoms with Gasteiger partial charge in [0.1, 0.15) is 6.29 Å². The minimum atomic E-state index is 0.167. The van der Waals surface area contributed by atoms with Crippen LogP contribution in [0.1, 0.15) is 38.5 Å². The standard InChI is InChI=1S/C10H16O/c1-2-10(8-9-11)6-4-3-5-7-10/h2,9H,1,3-8H2. The highest BCUT2D eigenvalue weighted by atomic mass is 16.1. The molecule has 1 fully saturated rings. The first kappa shape index (κ1) is 8.51. The van der Waals surface area contributed by atoms with Crippen LogP contribution in [-0.2, 0) is 4.79 Å². The van der Waals surface area contributed by atoms with Crippen LogP contribution in [0.15, 0.2) is 12.7 Å². The summed E-state index contributed by atoms with van der Waals surface area (Å²) < 4.78 is 0. The molecule has 1 heteroatoms. The average molecular weight is 152 g/mol. The molecule has 0 bridgehead atoms. The monoisotopic (exact) mass is 152 g/mol. The third-order valence-corrected chi connectivity index (χ3v) is 2.77. The van der Waals surface area contributed by atoms with Crippen molar-refractivity contribution in [2.24, 2.45) is 5.41 Å². The molecule has 11 heavy (non-hydrogen) atoms. The van der Waals surface area contributed by atoms with Crippen LogP contribution in [0.3, 0.4) is 0 Å². The zero-order chi connectivity index (χ0) is 8.16. The van der Waals surface area contributed by atoms with Gasteiger partial charge in [0.05, 0.1) is 0 Å². The van der Waals surface area contributed by atoms with E-state index in [1.165, 1.54) is 19.3 Å². The Balaban J connectivity index is 2.56. The molecule has 1 aliphatic carbocycles. The molecule has 1 aliphatic rings. The number of carbonyl (C=O) groups is 1. The van der Waals surface area contributed by atoms with Crippen molar-refractivity contribution >= 4 is 6.29 Å². The van der Waals surface area contributed by atoms with Crippen molar-refractivity contribution in [3.05, 3.63) is 12.7 Å². The fourth-order valence-corrected chi connectivity index (χ4v) is 1.91. The number of aldehydes is 1. The molecule has 0 spiro atoms. The Morgan fingerprint density at radius 1 is 1.27 bits per heavy atom. The first-order chi connectivity index (χ1) is 5.33. The summed E-state index contributed by atoms with van der Waals surface area (Å²) in [5.41, 5.74) is 0.167. The van der Waals surface area contributed by atoms with Crippen molar-refractivity contribution in [3.63, 3.8) is 0 Å². The lowest BCUT2D eigenvalue weighted by atomic mass is 9.72. The van der Waals surface area contributed by atoms with Gasteiger partial charge in [-0.3, -0.25) is 0 Å². The van der Waals surface area contributed by atoms with Crippen molar-refractivity contribution in [2.45, 2.75) is 38.5 Å². The van der Waals surface area contributed by atoms with Crippen LogP contribution in [0.4, 0.5) is 0 Å². The second-order valence-corrected chi connectivity index (χ2v) is 3.50. The number of carbonyl (C=O) groups excluding carboxylic acids is 1. The number of hydrogen-bond donors (Lipinski definition) is 0. The Morgan fingerprint density at radius 2 is 1.91 bits per heavy atom. The molecule has 0 aromatic carbocycles. The lowest BCUT2D eigenvalue weighted by Crippen LogP contribution is -2.21. The Bertz CT molecular complexity index is 143. The maximum Gasteiger partial charge on any atom is 0.120 e. The van der Waals surface area contributed by atoms with Crippen LogP contribution in [0.2, 0.25) is 0 Å². The van der Waals surface area contributed by atoms with E-state index in [4.69, 9.17) is 0 Å². The molecule has 1 rings (SSSR count). The van der Waals surface area contributed by atoms with E-state index in [-0.39, 0.29) is 5.41 Å². The molecule has 0 aliphatic heterocycles. The molecule has 0 N–H and O–H groups in total. The fourth-order valence-electron chi connectivity index (χ4n) is 1.91. The highest BCUT2D eigenvalue weighted by Crippen LogP contribution is 2.39. The van der Waals surface area contributed by atoms with Crippen molar-refractivity contribution in [2.75, 3.05) is 0 Å². The third-order valence-electron chi connectivity index (χ3n) is 2.77. The molecule has 0 radical (unpaired) electrons. The van der Waals surface area contributed by atoms with E-state index in [0.29, 0.717) is 6.42 Å². The lowest BCUT2D eigenvalue weighted by molar-refractivity contribution is -0.109. The Hall–Kier alpha value is -0.590. The van der Waals surface area contributed by atoms with Gasteiger partial charge >= 0.3 is 0 Å². The molecule has 0 aromatic heterocycles. The Kier molecular flexibility index (Phi) is 2.86. The predicted octanol–water partition coefficient (Wildman–Crippen LogP) is 2.71. The number of rotatable bonds is 3. The number of hydrogen-bond acceptors (Lipinski definition) is 1. The minimum Gasteiger partial charge on any atom is -0.303 e. The third kappa shape index (κ3) is 1.92. The fraction of sp³-hybridized carbons (Fsp3) is 0.700. The van der Waals surface area contributed by atoms with Crippen molar-refractivity contribution < 1.29 is 4.79 Å². The van der Waals surface area contributed by atoms with Crippen molar-refractivity contribution in [1.29, 1.82) is 0 Å². The van der Waals surface area contributed by atoms with Gasteiger partial charge in [-0.2, -0.15) is 0 Å². The van der Waals surface area contributed by atoms with Gasteiger partial charge < -0.3 is 4.79 Å². The molecular weight excluding hydrogens is 136 g/mol. The van der Waals surface area contributed by atoms with E-state index < -0.39 is 0 Å². The minimum absolute atomic E-state index is 0.167. The predicted molar refractivity (Wildman–Crippen MR) is 46.4 cm³/mol. The Morgan fingerprint density at radius 3 is 2.36 bits per heavy atom. The van der Waals surface area contributed by atoms with E-state index in [2.05, 4.69) is 6.58 Å². The summed E-state index contributed by atoms with van der Waals surface area (Å²) in [6.07, 6.45) is 9.88. The largest absolute Gasteiger partial charge is 0.303 e. The van der Waals surface area contributed by atoms with E-state index in [1.807, 2.05) is 6.08 Å². The normalized spacial score (nSPS) is 22.5. The molecule has 62 valence electrons. The van der Waals surface area contributed by atoms with Crippen LogP contribution in [0, 0.1) is 5.41 Å². The van der Waals surface area contributed by atoms with Gasteiger partial charge in [-0.15, -0.1) is 6.58 Å². The smallest absolute Gasteiger partial charge is 0.120 e. The summed E-state index contributed by atoms with van der Waals surface area (Å²) in [5.74, 6) is 0. The Labute approximate surface area is 68.5 Å². The van der Waals surface area contributed by atoms with Gasteiger partial charge in [-0.1, -0.05) is 25.3 Å². The van der Waals surface area contributed by atoms with Crippen LogP contribution < -0.4 is 0 Å². The topological polar surface area (TPSA) is 17.1 Å². The van der Waals surface area contributed by atoms with Gasteiger partial charge in [-0.05, 0) is 18.3 Å². The highest BCUT2D eigenvalue weighted by molar-refractivity contribution is 5.51. The van der Waals surface area contributed by atoms with Crippen molar-refractivity contribution in [1.82, 2.24) is 0 Å². The van der Waals surface area contributed by atoms with E-state index in [9.17, 15) is 4.79 Å². The van der Waals surface area contributed by atoms with Crippen LogP contribution in [-0.4, -0.2) is 6.29 Å². The van der Waals surface area contributed by atoms with Gasteiger partial charge in [0.2, 0.25) is 0 Å². The summed E-state index contributed by atoms with van der Waals surface area (Å²) >= 11 is 0. The number of allylic oxidation sites excluding steroid dienone is 1. The summed E-state index contributed by atoms with van der Waals surface area (Å²) in [5, 5.41) is 0. The summed E-state index contributed by atoms with van der Waals surface area (Å²) in [4.78, 5) is 10.4. The molecule has 0 amide bonds. The second-order valence-electron chi connectivity index (χ2n) is 3.50. The first-order valence-corrected chi connectivity index (χ1v) is 4.40. The molecule has 0 atom stereocenters. The molecule has 1 nitrogen and oxygen atoms in total. The molecular formula is C10H16O. The molecule has 0 aromatic rings. The summed E-state index contributed by atoms with van der Waals surface area (Å²) in [6, 6.07) is 0. The molecule has 0 saturated heterocycles. The van der Waals surface area contributed by atoms with Crippen LogP contribution in [0.25, 0.3) is 0 Å². The van der Waals surface area contributed by atoms with Gasteiger partial charge in [0, 0.05) is 6.42 Å². The van der Waals surface area contributed by atoms with Crippen LogP contribution in [0.5, 0.6) is 0 Å². The van der Waals surface area contributed by atoms with Crippen molar-refractivity contribution in [3.8, 4) is 0 Å². The molecule has 0 unspecified atom stereocenters. The van der Waals surface area contributed by atoms with Gasteiger partial charge in [0.15, 0.2) is 0 Å². The zero-order valence-electron chi connectivity index (χ0n) is 7.01. The van der Waals surface area contributed by atoms with Crippen LogP contribution >= 0.6 is 0 Å². The highest BCUT2D eigenvalue weighted by Gasteiger charge is 2.27. The summed E-state index contributed by atoms with van der Waals surface area (Å²) in [7, 11) is 0. The maximum absolute atomic E-state index is 10.4. The SMILES string of the molecule is C=CC1(CC=O)CCCCC1. The zero-order valence-corrected chi connectivity index (χ0v) is 7.01. The first-order valence-electron chi connectivity index (χ1n) is 4.40. The van der Waals surface area contributed by atoms with E-state index >= 15 is 0 Å². The van der Waals surface area contributed by atoms with Gasteiger partial charge in [0.25, 0.3) is 0 Å². The molecule has 0 heterocycles.